The molecule has 0 bridgehead atoms. The van der Waals surface area contributed by atoms with Crippen molar-refractivity contribution in [1.29, 1.82) is 0 Å². The number of nitrogens with one attached hydrogen (secondary N) is 1. The number of aryl methyl sites for hydroxylation is 1. The highest BCUT2D eigenvalue weighted by Gasteiger charge is 2.04. The first-order valence-electron chi connectivity index (χ1n) is 6.18. The lowest BCUT2D eigenvalue weighted by molar-refractivity contribution is 0.302. The van der Waals surface area contributed by atoms with Gasteiger partial charge in [0.05, 0.1) is 16.2 Å². The van der Waals surface area contributed by atoms with Gasteiger partial charge in [-0.1, -0.05) is 35.9 Å². The highest BCUT2D eigenvalue weighted by Crippen LogP contribution is 2.24. The third-order valence-electron chi connectivity index (χ3n) is 3.05. The van der Waals surface area contributed by atoms with Crippen LogP contribution in [0, 0.1) is 6.92 Å². The van der Waals surface area contributed by atoms with Crippen LogP contribution >= 0.6 is 11.6 Å². The molecule has 0 atom stereocenters. The Hall–Kier alpha value is -1.93. The molecule has 2 nitrogen and oxygen atoms in total. The van der Waals surface area contributed by atoms with Gasteiger partial charge in [0, 0.05) is 5.39 Å². The Morgan fingerprint density at radius 3 is 2.74 bits per heavy atom. The van der Waals surface area contributed by atoms with Gasteiger partial charge in [-0.3, -0.25) is 0 Å². The van der Waals surface area contributed by atoms with E-state index >= 15 is 0 Å². The fourth-order valence-electron chi connectivity index (χ4n) is 2.12. The minimum Gasteiger partial charge on any atom is -0.487 e. The van der Waals surface area contributed by atoms with Gasteiger partial charge in [0.1, 0.15) is 12.4 Å². The number of H-pyrrole nitrogens is 1. The summed E-state index contributed by atoms with van der Waals surface area (Å²) in [7, 11) is 0. The molecule has 3 heteroatoms. The second-order valence-corrected chi connectivity index (χ2v) is 5.01. The first kappa shape index (κ1) is 12.1. The first-order valence-corrected chi connectivity index (χ1v) is 6.56. The molecule has 0 aliphatic carbocycles. The smallest absolute Gasteiger partial charge is 0.128 e. The third kappa shape index (κ3) is 2.59. The van der Waals surface area contributed by atoms with Crippen LogP contribution < -0.4 is 4.74 Å². The predicted octanol–water partition coefficient (Wildman–Crippen LogP) is 4.71. The van der Waals surface area contributed by atoms with Gasteiger partial charge in [0.15, 0.2) is 0 Å². The number of aromatic amines is 1. The molecule has 0 fully saturated rings. The second-order valence-electron chi connectivity index (χ2n) is 4.60. The highest BCUT2D eigenvalue weighted by atomic mass is 35.5. The summed E-state index contributed by atoms with van der Waals surface area (Å²) in [6, 6.07) is 16.0. The average Bonchev–Trinajstić information content (AvgIpc) is 2.81. The van der Waals surface area contributed by atoms with Crippen LogP contribution in [0.25, 0.3) is 10.9 Å². The number of hydrogen-bond acceptors (Lipinski definition) is 1. The summed E-state index contributed by atoms with van der Waals surface area (Å²) >= 11 is 6.14. The molecule has 1 N–H and O–H groups in total. The topological polar surface area (TPSA) is 25.0 Å². The van der Waals surface area contributed by atoms with Crippen molar-refractivity contribution in [2.75, 3.05) is 0 Å². The molecule has 1 heterocycles. The van der Waals surface area contributed by atoms with Crippen molar-refractivity contribution in [2.24, 2.45) is 0 Å². The number of fused-ring (bicyclic) bond motifs is 1. The summed E-state index contributed by atoms with van der Waals surface area (Å²) in [5, 5.41) is 1.84. The zero-order valence-corrected chi connectivity index (χ0v) is 11.4. The van der Waals surface area contributed by atoms with Crippen molar-refractivity contribution in [1.82, 2.24) is 4.98 Å². The summed E-state index contributed by atoms with van der Waals surface area (Å²) in [6.07, 6.45) is 0. The number of halogens is 1. The number of para-hydroxylation sites is 1. The number of rotatable bonds is 3. The molecule has 96 valence electrons. The Morgan fingerprint density at radius 1 is 1.11 bits per heavy atom. The zero-order valence-electron chi connectivity index (χ0n) is 10.6. The van der Waals surface area contributed by atoms with Crippen LogP contribution in [-0.2, 0) is 6.61 Å². The maximum absolute atomic E-state index is 6.14. The van der Waals surface area contributed by atoms with Crippen molar-refractivity contribution in [3.63, 3.8) is 0 Å². The molecule has 0 saturated carbocycles. The van der Waals surface area contributed by atoms with E-state index in [1.165, 1.54) is 5.56 Å². The molecule has 1 aromatic heterocycles. The van der Waals surface area contributed by atoms with Crippen molar-refractivity contribution in [3.05, 3.63) is 64.8 Å². The van der Waals surface area contributed by atoms with E-state index in [1.54, 1.807) is 0 Å². The van der Waals surface area contributed by atoms with Crippen LogP contribution in [0.2, 0.25) is 5.02 Å². The Bertz CT molecular complexity index is 718. The van der Waals surface area contributed by atoms with Gasteiger partial charge in [0.2, 0.25) is 0 Å². The summed E-state index contributed by atoms with van der Waals surface area (Å²) in [5.74, 6) is 0.879. The summed E-state index contributed by atoms with van der Waals surface area (Å²) in [5.41, 5.74) is 3.17. The molecule has 0 saturated heterocycles. The molecule has 0 aliphatic rings. The van der Waals surface area contributed by atoms with E-state index in [1.807, 2.05) is 36.4 Å². The third-order valence-corrected chi connectivity index (χ3v) is 3.36. The van der Waals surface area contributed by atoms with Crippen molar-refractivity contribution < 1.29 is 4.74 Å². The molecule has 3 rings (SSSR count). The number of ether oxygens (including phenoxy) is 1. The van der Waals surface area contributed by atoms with Gasteiger partial charge in [0.25, 0.3) is 0 Å². The van der Waals surface area contributed by atoms with Crippen molar-refractivity contribution >= 4 is 22.5 Å². The van der Waals surface area contributed by atoms with Crippen LogP contribution in [-0.4, -0.2) is 4.98 Å². The Morgan fingerprint density at radius 2 is 1.95 bits per heavy atom. The predicted molar refractivity (Wildman–Crippen MR) is 78.8 cm³/mol. The monoisotopic (exact) mass is 271 g/mol. The van der Waals surface area contributed by atoms with Crippen molar-refractivity contribution in [2.45, 2.75) is 13.5 Å². The van der Waals surface area contributed by atoms with Gasteiger partial charge in [-0.2, -0.15) is 0 Å². The molecule has 0 unspecified atom stereocenters. The molecule has 0 spiro atoms. The van der Waals surface area contributed by atoms with Gasteiger partial charge >= 0.3 is 0 Å². The van der Waals surface area contributed by atoms with Crippen LogP contribution in [0.15, 0.2) is 48.5 Å². The van der Waals surface area contributed by atoms with Crippen LogP contribution in [0.5, 0.6) is 5.75 Å². The van der Waals surface area contributed by atoms with Gasteiger partial charge in [-0.05, 0) is 36.8 Å². The van der Waals surface area contributed by atoms with Crippen LogP contribution in [0.3, 0.4) is 0 Å². The molecule has 0 amide bonds. The standard InChI is InChI=1S/C16H14ClNO/c1-11-4-2-6-14(8-11)19-10-13-9-12-5-3-7-15(17)16(12)18-13/h2-9,18H,10H2,1H3. The van der Waals surface area contributed by atoms with E-state index in [-0.39, 0.29) is 0 Å². The van der Waals surface area contributed by atoms with E-state index in [0.717, 1.165) is 27.4 Å². The number of benzene rings is 2. The van der Waals surface area contributed by atoms with Gasteiger partial charge in [-0.25, -0.2) is 0 Å². The van der Waals surface area contributed by atoms with Crippen molar-refractivity contribution in [3.8, 4) is 5.75 Å². The minimum atomic E-state index is 0.508. The highest BCUT2D eigenvalue weighted by molar-refractivity contribution is 6.35. The maximum Gasteiger partial charge on any atom is 0.128 e. The fraction of sp³-hybridized carbons (Fsp3) is 0.125. The maximum atomic E-state index is 6.14. The molecule has 0 radical (unpaired) electrons. The first-order chi connectivity index (χ1) is 9.22. The quantitative estimate of drug-likeness (QED) is 0.733. The van der Waals surface area contributed by atoms with Gasteiger partial charge < -0.3 is 9.72 Å². The Balaban J connectivity index is 1.80. The lowest BCUT2D eigenvalue weighted by Gasteiger charge is -2.05. The van der Waals surface area contributed by atoms with E-state index in [0.29, 0.717) is 6.61 Å². The van der Waals surface area contributed by atoms with Gasteiger partial charge in [-0.15, -0.1) is 0 Å². The number of hydrogen-bond donors (Lipinski definition) is 1. The number of aromatic nitrogens is 1. The zero-order chi connectivity index (χ0) is 13.2. The minimum absolute atomic E-state index is 0.508. The molecule has 3 aromatic rings. The summed E-state index contributed by atoms with van der Waals surface area (Å²) < 4.78 is 5.77. The fourth-order valence-corrected chi connectivity index (χ4v) is 2.35. The van der Waals surface area contributed by atoms with Crippen LogP contribution in [0.1, 0.15) is 11.3 Å². The van der Waals surface area contributed by atoms with E-state index in [9.17, 15) is 0 Å². The SMILES string of the molecule is Cc1cccc(OCc2cc3cccc(Cl)c3[nH]2)c1. The second kappa shape index (κ2) is 4.98. The van der Waals surface area contributed by atoms with Crippen LogP contribution in [0.4, 0.5) is 0 Å². The van der Waals surface area contributed by atoms with E-state index in [4.69, 9.17) is 16.3 Å². The molecule has 0 aliphatic heterocycles. The molecule has 19 heavy (non-hydrogen) atoms. The molecule has 2 aromatic carbocycles. The van der Waals surface area contributed by atoms with E-state index < -0.39 is 0 Å². The lowest BCUT2D eigenvalue weighted by atomic mass is 10.2. The molecular weight excluding hydrogens is 258 g/mol. The molecular formula is C16H14ClNO. The lowest BCUT2D eigenvalue weighted by Crippen LogP contribution is -1.95. The average molecular weight is 272 g/mol. The summed E-state index contributed by atoms with van der Waals surface area (Å²) in [4.78, 5) is 3.29. The summed E-state index contributed by atoms with van der Waals surface area (Å²) in [6.45, 7) is 2.56. The normalized spacial score (nSPS) is 10.8. The van der Waals surface area contributed by atoms with E-state index in [2.05, 4.69) is 24.0 Å². The Kier molecular flexibility index (Phi) is 3.18. The Labute approximate surface area is 117 Å². The largest absolute Gasteiger partial charge is 0.487 e.